The van der Waals surface area contributed by atoms with Gasteiger partial charge >= 0.3 is 0 Å². The molecule has 0 bridgehead atoms. The van der Waals surface area contributed by atoms with E-state index in [0.717, 1.165) is 15.6 Å². The number of hydrogen-bond donors (Lipinski definition) is 1. The molecule has 0 aliphatic rings. The molecule has 0 aliphatic carbocycles. The molecule has 0 saturated carbocycles. The van der Waals surface area contributed by atoms with Crippen molar-refractivity contribution >= 4 is 45.2 Å². The Bertz CT molecular complexity index is 1220. The summed E-state index contributed by atoms with van der Waals surface area (Å²) < 4.78 is 12.6. The zero-order valence-corrected chi connectivity index (χ0v) is 20.5. The van der Waals surface area contributed by atoms with E-state index < -0.39 is 5.91 Å². The average molecular weight is 526 g/mol. The summed E-state index contributed by atoms with van der Waals surface area (Å²) in [6.45, 7) is 4.60. The zero-order chi connectivity index (χ0) is 23.8. The molecule has 0 aliphatic heterocycles. The molecule has 0 radical (unpaired) electrons. The van der Waals surface area contributed by atoms with Crippen LogP contribution < -0.4 is 14.8 Å². The van der Waals surface area contributed by atoms with Crippen LogP contribution in [0.5, 0.6) is 11.5 Å². The summed E-state index contributed by atoms with van der Waals surface area (Å²) in [6.07, 6.45) is 1.47. The van der Waals surface area contributed by atoms with Gasteiger partial charge in [0, 0.05) is 10.2 Å². The van der Waals surface area contributed by atoms with E-state index in [1.54, 1.807) is 36.4 Å². The number of rotatable bonds is 8. The van der Waals surface area contributed by atoms with E-state index in [0.29, 0.717) is 41.0 Å². The third-order valence-corrected chi connectivity index (χ3v) is 5.38. The van der Waals surface area contributed by atoms with E-state index >= 15 is 0 Å². The van der Waals surface area contributed by atoms with Crippen LogP contribution in [0.2, 0.25) is 5.02 Å². The fourth-order valence-electron chi connectivity index (χ4n) is 3.08. The van der Waals surface area contributed by atoms with Crippen LogP contribution in [-0.4, -0.2) is 12.5 Å². The molecule has 0 heterocycles. The maximum Gasteiger partial charge on any atom is 0.266 e. The van der Waals surface area contributed by atoms with Gasteiger partial charge in [-0.1, -0.05) is 57.4 Å². The first kappa shape index (κ1) is 24.4. The van der Waals surface area contributed by atoms with E-state index in [9.17, 15) is 10.1 Å². The van der Waals surface area contributed by atoms with Gasteiger partial charge in [-0.25, -0.2) is 0 Å². The smallest absolute Gasteiger partial charge is 0.266 e. The number of aryl methyl sites for hydroxylation is 1. The Hall–Kier alpha value is -3.27. The Balaban J connectivity index is 1.84. The second kappa shape index (κ2) is 11.6. The van der Waals surface area contributed by atoms with Crippen LogP contribution in [0, 0.1) is 18.3 Å². The van der Waals surface area contributed by atoms with Gasteiger partial charge < -0.3 is 14.8 Å². The lowest BCUT2D eigenvalue weighted by Gasteiger charge is -2.15. The third kappa shape index (κ3) is 6.85. The van der Waals surface area contributed by atoms with Crippen molar-refractivity contribution in [1.29, 1.82) is 5.26 Å². The molecule has 1 amide bonds. The fourth-order valence-corrected chi connectivity index (χ4v) is 3.62. The van der Waals surface area contributed by atoms with Gasteiger partial charge in [0.1, 0.15) is 18.2 Å². The highest BCUT2D eigenvalue weighted by Gasteiger charge is 2.15. The molecule has 0 unspecified atom stereocenters. The molecule has 33 heavy (non-hydrogen) atoms. The number of carbonyl (C=O) groups is 1. The zero-order valence-electron chi connectivity index (χ0n) is 18.2. The molecule has 168 valence electrons. The van der Waals surface area contributed by atoms with E-state index in [1.807, 2.05) is 44.2 Å². The Labute approximate surface area is 206 Å². The van der Waals surface area contributed by atoms with Gasteiger partial charge in [0.25, 0.3) is 5.91 Å². The quantitative estimate of drug-likeness (QED) is 0.256. The Kier molecular flexibility index (Phi) is 8.53. The number of halogens is 2. The molecule has 3 rings (SSSR count). The van der Waals surface area contributed by atoms with Crippen molar-refractivity contribution in [3.8, 4) is 17.6 Å². The molecule has 3 aromatic carbocycles. The molecule has 7 heteroatoms. The first-order valence-corrected chi connectivity index (χ1v) is 11.4. The Morgan fingerprint density at radius 3 is 2.58 bits per heavy atom. The van der Waals surface area contributed by atoms with Gasteiger partial charge in [-0.2, -0.15) is 5.26 Å². The van der Waals surface area contributed by atoms with Crippen molar-refractivity contribution in [3.05, 3.63) is 92.4 Å². The molecular weight excluding hydrogens is 504 g/mol. The van der Waals surface area contributed by atoms with Gasteiger partial charge in [0.05, 0.1) is 11.6 Å². The summed E-state index contributed by atoms with van der Waals surface area (Å²) in [5.41, 5.74) is 3.21. The normalized spacial score (nSPS) is 10.9. The minimum Gasteiger partial charge on any atom is -0.490 e. The molecule has 0 atom stereocenters. The standard InChI is InChI=1S/C26H22BrClN2O3/c1-3-32-24-14-19(12-20(15-29)26(31)30-22-9-7-21(27)8-10-22)13-23(28)25(24)33-16-18-6-4-5-17(2)11-18/h4-14H,3,16H2,1-2H3,(H,30,31)/b20-12+. The molecule has 0 aromatic heterocycles. The van der Waals surface area contributed by atoms with Crippen molar-refractivity contribution in [2.24, 2.45) is 0 Å². The number of nitrogens with one attached hydrogen (secondary N) is 1. The monoisotopic (exact) mass is 524 g/mol. The predicted octanol–water partition coefficient (Wildman–Crippen LogP) is 6.93. The Morgan fingerprint density at radius 2 is 1.91 bits per heavy atom. The molecule has 0 fully saturated rings. The Morgan fingerprint density at radius 1 is 1.15 bits per heavy atom. The summed E-state index contributed by atoms with van der Waals surface area (Å²) in [5.74, 6) is 0.332. The number of ether oxygens (including phenoxy) is 2. The van der Waals surface area contributed by atoms with Crippen LogP contribution in [0.4, 0.5) is 5.69 Å². The first-order valence-electron chi connectivity index (χ1n) is 10.2. The minimum atomic E-state index is -0.520. The summed E-state index contributed by atoms with van der Waals surface area (Å²) in [5, 5.41) is 12.6. The van der Waals surface area contributed by atoms with Crippen LogP contribution >= 0.6 is 27.5 Å². The highest BCUT2D eigenvalue weighted by molar-refractivity contribution is 9.10. The summed E-state index contributed by atoms with van der Waals surface area (Å²) >= 11 is 9.84. The van der Waals surface area contributed by atoms with Crippen LogP contribution in [0.1, 0.15) is 23.6 Å². The summed E-state index contributed by atoms with van der Waals surface area (Å²) in [6, 6.07) is 20.4. The molecule has 5 nitrogen and oxygen atoms in total. The summed E-state index contributed by atoms with van der Waals surface area (Å²) in [7, 11) is 0. The largest absolute Gasteiger partial charge is 0.490 e. The lowest BCUT2D eigenvalue weighted by atomic mass is 10.1. The van der Waals surface area contributed by atoms with E-state index in [-0.39, 0.29) is 5.57 Å². The van der Waals surface area contributed by atoms with E-state index in [2.05, 4.69) is 21.2 Å². The minimum absolute atomic E-state index is 0.0649. The number of nitrogens with zero attached hydrogens (tertiary/aromatic N) is 1. The van der Waals surface area contributed by atoms with Crippen LogP contribution in [0.15, 0.2) is 70.7 Å². The predicted molar refractivity (Wildman–Crippen MR) is 134 cm³/mol. The number of nitriles is 1. The third-order valence-electron chi connectivity index (χ3n) is 4.58. The van der Waals surface area contributed by atoms with Gasteiger partial charge in [0.15, 0.2) is 11.5 Å². The van der Waals surface area contributed by atoms with E-state index in [1.165, 1.54) is 6.08 Å². The van der Waals surface area contributed by atoms with Gasteiger partial charge in [-0.3, -0.25) is 4.79 Å². The average Bonchev–Trinajstić information content (AvgIpc) is 2.78. The number of carbonyl (C=O) groups excluding carboxylic acids is 1. The van der Waals surface area contributed by atoms with Crippen molar-refractivity contribution in [3.63, 3.8) is 0 Å². The van der Waals surface area contributed by atoms with E-state index in [4.69, 9.17) is 21.1 Å². The van der Waals surface area contributed by atoms with Crippen molar-refractivity contribution in [2.75, 3.05) is 11.9 Å². The van der Waals surface area contributed by atoms with Gasteiger partial charge in [-0.15, -0.1) is 0 Å². The lowest BCUT2D eigenvalue weighted by molar-refractivity contribution is -0.112. The van der Waals surface area contributed by atoms with Crippen molar-refractivity contribution in [2.45, 2.75) is 20.5 Å². The second-order valence-electron chi connectivity index (χ2n) is 7.17. The van der Waals surface area contributed by atoms with Gasteiger partial charge in [0.2, 0.25) is 0 Å². The number of anilines is 1. The van der Waals surface area contributed by atoms with Crippen molar-refractivity contribution in [1.82, 2.24) is 0 Å². The maximum atomic E-state index is 12.6. The molecule has 0 spiro atoms. The number of benzene rings is 3. The lowest BCUT2D eigenvalue weighted by Crippen LogP contribution is -2.13. The van der Waals surface area contributed by atoms with Crippen molar-refractivity contribution < 1.29 is 14.3 Å². The molecular formula is C26H22BrClN2O3. The van der Waals surface area contributed by atoms with Crippen LogP contribution in [0.3, 0.4) is 0 Å². The SMILES string of the molecule is CCOc1cc(/C=C(\C#N)C(=O)Nc2ccc(Br)cc2)cc(Cl)c1OCc1cccc(C)c1. The highest BCUT2D eigenvalue weighted by atomic mass is 79.9. The van der Waals surface area contributed by atoms with Gasteiger partial charge in [-0.05, 0) is 67.4 Å². The summed E-state index contributed by atoms with van der Waals surface area (Å²) in [4.78, 5) is 12.6. The second-order valence-corrected chi connectivity index (χ2v) is 8.49. The maximum absolute atomic E-state index is 12.6. The molecule has 3 aromatic rings. The van der Waals surface area contributed by atoms with Crippen LogP contribution in [-0.2, 0) is 11.4 Å². The number of amides is 1. The topological polar surface area (TPSA) is 71.3 Å². The first-order chi connectivity index (χ1) is 15.9. The molecule has 1 N–H and O–H groups in total. The van der Waals surface area contributed by atoms with Crippen LogP contribution in [0.25, 0.3) is 6.08 Å². The highest BCUT2D eigenvalue weighted by Crippen LogP contribution is 2.38. The molecule has 0 saturated heterocycles. The fraction of sp³-hybridized carbons (Fsp3) is 0.154. The number of hydrogen-bond acceptors (Lipinski definition) is 4.